The molecule has 6 nitrogen and oxygen atoms in total. The number of piperidine rings is 1. The second-order valence-corrected chi connectivity index (χ2v) is 4.56. The molecule has 100 valence electrons. The number of esters is 1. The number of carbonyl (C=O) groups is 1. The number of hydrogen-bond donors (Lipinski definition) is 0. The van der Waals surface area contributed by atoms with E-state index in [0.717, 1.165) is 19.4 Å². The molecule has 0 N–H and O–H groups in total. The molecule has 0 saturated carbocycles. The molecule has 1 aromatic rings. The van der Waals surface area contributed by atoms with E-state index in [0.29, 0.717) is 31.4 Å². The van der Waals surface area contributed by atoms with E-state index in [1.54, 1.807) is 6.92 Å². The van der Waals surface area contributed by atoms with Crippen molar-refractivity contribution >= 4 is 5.97 Å². The minimum atomic E-state index is -0.0936. The Morgan fingerprint density at radius 3 is 3.11 bits per heavy atom. The molecule has 0 spiro atoms. The molecule has 1 atom stereocenters. The maximum Gasteiger partial charge on any atom is 0.310 e. The summed E-state index contributed by atoms with van der Waals surface area (Å²) in [6.45, 7) is 6.34. The Labute approximate surface area is 106 Å². The summed E-state index contributed by atoms with van der Waals surface area (Å²) in [5.41, 5.74) is 0. The van der Waals surface area contributed by atoms with Gasteiger partial charge in [-0.2, -0.15) is 4.98 Å². The van der Waals surface area contributed by atoms with Crippen LogP contribution in [0.2, 0.25) is 0 Å². The molecule has 1 aliphatic heterocycles. The minimum Gasteiger partial charge on any atom is -0.466 e. The van der Waals surface area contributed by atoms with Gasteiger partial charge in [-0.1, -0.05) is 5.16 Å². The number of carbonyl (C=O) groups excluding carboxylic acids is 1. The highest BCUT2D eigenvalue weighted by molar-refractivity contribution is 5.72. The Morgan fingerprint density at radius 2 is 2.44 bits per heavy atom. The lowest BCUT2D eigenvalue weighted by molar-refractivity contribution is -0.150. The van der Waals surface area contributed by atoms with Gasteiger partial charge < -0.3 is 9.26 Å². The monoisotopic (exact) mass is 253 g/mol. The fourth-order valence-corrected chi connectivity index (χ4v) is 2.25. The third kappa shape index (κ3) is 3.29. The molecule has 0 aliphatic carbocycles. The Kier molecular flexibility index (Phi) is 4.30. The van der Waals surface area contributed by atoms with Crippen LogP contribution >= 0.6 is 0 Å². The molecule has 6 heteroatoms. The van der Waals surface area contributed by atoms with E-state index >= 15 is 0 Å². The molecule has 2 heterocycles. The van der Waals surface area contributed by atoms with Crippen molar-refractivity contribution in [1.29, 1.82) is 0 Å². The number of ether oxygens (including phenoxy) is 1. The van der Waals surface area contributed by atoms with E-state index in [1.165, 1.54) is 0 Å². The first-order chi connectivity index (χ1) is 8.69. The fourth-order valence-electron chi connectivity index (χ4n) is 2.25. The van der Waals surface area contributed by atoms with Crippen LogP contribution in [-0.4, -0.2) is 40.7 Å². The van der Waals surface area contributed by atoms with E-state index in [-0.39, 0.29) is 11.9 Å². The Bertz CT molecular complexity index is 405. The molecule has 2 rings (SSSR count). The lowest BCUT2D eigenvalue weighted by Crippen LogP contribution is -2.39. The Hall–Kier alpha value is -1.43. The maximum absolute atomic E-state index is 11.7. The second kappa shape index (κ2) is 5.95. The van der Waals surface area contributed by atoms with Crippen molar-refractivity contribution in [2.75, 3.05) is 19.7 Å². The lowest BCUT2D eigenvalue weighted by Gasteiger charge is -2.30. The average Bonchev–Trinajstić information content (AvgIpc) is 2.75. The molecule has 1 aliphatic rings. The zero-order valence-corrected chi connectivity index (χ0v) is 10.9. The van der Waals surface area contributed by atoms with Gasteiger partial charge in [0.1, 0.15) is 0 Å². The molecule has 18 heavy (non-hydrogen) atoms. The van der Waals surface area contributed by atoms with Gasteiger partial charge in [-0.15, -0.1) is 0 Å². The molecule has 0 radical (unpaired) electrons. The number of aromatic nitrogens is 2. The van der Waals surface area contributed by atoms with Crippen LogP contribution in [-0.2, 0) is 16.1 Å². The van der Waals surface area contributed by atoms with Crippen molar-refractivity contribution in [3.63, 3.8) is 0 Å². The van der Waals surface area contributed by atoms with Gasteiger partial charge in [0.2, 0.25) is 5.89 Å². The molecule has 0 unspecified atom stereocenters. The molecule has 0 bridgehead atoms. The molecule has 0 amide bonds. The summed E-state index contributed by atoms with van der Waals surface area (Å²) < 4.78 is 10.2. The first-order valence-corrected chi connectivity index (χ1v) is 6.37. The van der Waals surface area contributed by atoms with Gasteiger partial charge in [0.05, 0.1) is 19.1 Å². The molecule has 1 fully saturated rings. The van der Waals surface area contributed by atoms with Crippen LogP contribution in [0, 0.1) is 12.8 Å². The summed E-state index contributed by atoms with van der Waals surface area (Å²) in [4.78, 5) is 18.0. The number of hydrogen-bond acceptors (Lipinski definition) is 6. The summed E-state index contributed by atoms with van der Waals surface area (Å²) in [7, 11) is 0. The summed E-state index contributed by atoms with van der Waals surface area (Å²) >= 11 is 0. The molecular formula is C12H19N3O3. The maximum atomic E-state index is 11.7. The SMILES string of the molecule is CCOC(=O)[C@@H]1CCCN(Cc2nc(C)no2)C1. The summed E-state index contributed by atoms with van der Waals surface area (Å²) in [6.07, 6.45) is 1.90. The molecule has 1 saturated heterocycles. The predicted molar refractivity (Wildman–Crippen MR) is 63.7 cm³/mol. The Balaban J connectivity index is 1.88. The van der Waals surface area contributed by atoms with Crippen molar-refractivity contribution < 1.29 is 14.1 Å². The van der Waals surface area contributed by atoms with Gasteiger partial charge in [-0.3, -0.25) is 9.69 Å². The van der Waals surface area contributed by atoms with Crippen molar-refractivity contribution in [3.05, 3.63) is 11.7 Å². The minimum absolute atomic E-state index is 0.0253. The van der Waals surface area contributed by atoms with Crippen LogP contribution in [0.1, 0.15) is 31.5 Å². The van der Waals surface area contributed by atoms with Gasteiger partial charge in [-0.05, 0) is 33.2 Å². The number of likely N-dealkylation sites (tertiary alicyclic amines) is 1. The third-order valence-corrected chi connectivity index (χ3v) is 3.05. The first-order valence-electron chi connectivity index (χ1n) is 6.37. The fraction of sp³-hybridized carbons (Fsp3) is 0.750. The zero-order chi connectivity index (χ0) is 13.0. The van der Waals surface area contributed by atoms with Crippen molar-refractivity contribution in [2.45, 2.75) is 33.2 Å². The standard InChI is InChI=1S/C12H19N3O3/c1-3-17-12(16)10-5-4-6-15(7-10)8-11-13-9(2)14-18-11/h10H,3-8H2,1-2H3/t10-/m1/s1. The van der Waals surface area contributed by atoms with Gasteiger partial charge in [0.15, 0.2) is 5.82 Å². The largest absolute Gasteiger partial charge is 0.466 e. The zero-order valence-electron chi connectivity index (χ0n) is 10.9. The highest BCUT2D eigenvalue weighted by Gasteiger charge is 2.27. The van der Waals surface area contributed by atoms with Gasteiger partial charge >= 0.3 is 5.97 Å². The van der Waals surface area contributed by atoms with E-state index in [4.69, 9.17) is 9.26 Å². The van der Waals surface area contributed by atoms with Gasteiger partial charge in [-0.25, -0.2) is 0 Å². The van der Waals surface area contributed by atoms with Crippen molar-refractivity contribution in [1.82, 2.24) is 15.0 Å². The van der Waals surface area contributed by atoms with E-state index < -0.39 is 0 Å². The molecular weight excluding hydrogens is 234 g/mol. The quantitative estimate of drug-likeness (QED) is 0.750. The van der Waals surface area contributed by atoms with Crippen molar-refractivity contribution in [3.8, 4) is 0 Å². The van der Waals surface area contributed by atoms with Crippen LogP contribution in [0.5, 0.6) is 0 Å². The van der Waals surface area contributed by atoms with Crippen LogP contribution in [0.4, 0.5) is 0 Å². The normalized spacial score (nSPS) is 20.9. The smallest absolute Gasteiger partial charge is 0.310 e. The van der Waals surface area contributed by atoms with Gasteiger partial charge in [0, 0.05) is 6.54 Å². The van der Waals surface area contributed by atoms with Crippen LogP contribution in [0.3, 0.4) is 0 Å². The highest BCUT2D eigenvalue weighted by atomic mass is 16.5. The van der Waals surface area contributed by atoms with Gasteiger partial charge in [0.25, 0.3) is 0 Å². The number of nitrogens with zero attached hydrogens (tertiary/aromatic N) is 3. The van der Waals surface area contributed by atoms with Crippen LogP contribution in [0.25, 0.3) is 0 Å². The average molecular weight is 253 g/mol. The van der Waals surface area contributed by atoms with E-state index in [9.17, 15) is 4.79 Å². The molecule has 0 aromatic carbocycles. The number of rotatable bonds is 4. The van der Waals surface area contributed by atoms with E-state index in [2.05, 4.69) is 15.0 Å². The number of aryl methyl sites for hydroxylation is 1. The topological polar surface area (TPSA) is 68.5 Å². The second-order valence-electron chi connectivity index (χ2n) is 4.56. The molecule has 1 aromatic heterocycles. The van der Waals surface area contributed by atoms with Crippen LogP contribution in [0.15, 0.2) is 4.52 Å². The Morgan fingerprint density at radius 1 is 1.61 bits per heavy atom. The predicted octanol–water partition coefficient (Wildman–Crippen LogP) is 1.15. The lowest BCUT2D eigenvalue weighted by atomic mass is 9.98. The summed E-state index contributed by atoms with van der Waals surface area (Å²) in [6, 6.07) is 0. The highest BCUT2D eigenvalue weighted by Crippen LogP contribution is 2.19. The van der Waals surface area contributed by atoms with E-state index in [1.807, 2.05) is 6.92 Å². The van der Waals surface area contributed by atoms with Crippen molar-refractivity contribution in [2.24, 2.45) is 5.92 Å². The van der Waals surface area contributed by atoms with Crippen LogP contribution < -0.4 is 0 Å². The summed E-state index contributed by atoms with van der Waals surface area (Å²) in [5, 5.41) is 3.76. The first kappa shape index (κ1) is 13.0. The summed E-state index contributed by atoms with van der Waals surface area (Å²) in [5.74, 6) is 1.13. The third-order valence-electron chi connectivity index (χ3n) is 3.05.